The lowest BCUT2D eigenvalue weighted by atomic mass is 10.1. The van der Waals surface area contributed by atoms with Crippen molar-refractivity contribution in [3.05, 3.63) is 30.2 Å². The van der Waals surface area contributed by atoms with Crippen LogP contribution in [0.15, 0.2) is 29.4 Å². The average molecular weight is 404 g/mol. The minimum atomic E-state index is -0.527. The number of guanidine groups is 1. The van der Waals surface area contributed by atoms with Crippen LogP contribution in [-0.2, 0) is 11.2 Å². The van der Waals surface area contributed by atoms with E-state index in [1.807, 2.05) is 63.4 Å². The molecule has 2 aromatic heterocycles. The number of aromatic nitrogens is 3. The first-order valence-electron chi connectivity index (χ1n) is 9.84. The summed E-state index contributed by atoms with van der Waals surface area (Å²) in [5, 5.41) is 17.8. The summed E-state index contributed by atoms with van der Waals surface area (Å²) in [7, 11) is 1.72. The van der Waals surface area contributed by atoms with Crippen LogP contribution in [0.3, 0.4) is 0 Å². The van der Waals surface area contributed by atoms with Gasteiger partial charge in [0.05, 0.1) is 5.54 Å². The second-order valence-electron chi connectivity index (χ2n) is 8.51. The molecule has 0 aromatic carbocycles. The Balaban J connectivity index is 1.73. The molecule has 29 heavy (non-hydrogen) atoms. The minimum Gasteiger partial charge on any atom is -0.444 e. The zero-order valence-corrected chi connectivity index (χ0v) is 18.2. The van der Waals surface area contributed by atoms with E-state index in [0.29, 0.717) is 12.5 Å². The first kappa shape index (κ1) is 22.4. The fraction of sp³-hybridized carbons (Fsp3) is 0.600. The normalized spacial score (nSPS) is 12.7. The Bertz CT molecular complexity index is 837. The van der Waals surface area contributed by atoms with Crippen LogP contribution in [0.2, 0.25) is 0 Å². The molecule has 0 radical (unpaired) electrons. The number of nitrogens with zero attached hydrogens (tertiary/aromatic N) is 4. The Morgan fingerprint density at radius 1 is 1.17 bits per heavy atom. The van der Waals surface area contributed by atoms with Gasteiger partial charge >= 0.3 is 6.09 Å². The summed E-state index contributed by atoms with van der Waals surface area (Å²) in [6.07, 6.45) is 3.22. The molecule has 0 atom stereocenters. The van der Waals surface area contributed by atoms with Gasteiger partial charge < -0.3 is 20.7 Å². The molecule has 2 heterocycles. The Morgan fingerprint density at radius 3 is 2.62 bits per heavy atom. The summed E-state index contributed by atoms with van der Waals surface area (Å²) >= 11 is 0. The molecule has 2 rings (SSSR count). The van der Waals surface area contributed by atoms with Gasteiger partial charge in [0.15, 0.2) is 11.6 Å². The minimum absolute atomic E-state index is 0.437. The maximum atomic E-state index is 12.0. The molecule has 0 fully saturated rings. The van der Waals surface area contributed by atoms with Crippen molar-refractivity contribution in [1.82, 2.24) is 30.5 Å². The van der Waals surface area contributed by atoms with Crippen LogP contribution in [0.25, 0.3) is 5.65 Å². The lowest BCUT2D eigenvalue weighted by molar-refractivity contribution is 0.0474. The van der Waals surface area contributed by atoms with E-state index >= 15 is 0 Å². The zero-order valence-electron chi connectivity index (χ0n) is 18.2. The van der Waals surface area contributed by atoms with Crippen LogP contribution < -0.4 is 16.0 Å². The monoisotopic (exact) mass is 403 g/mol. The predicted octanol–water partition coefficient (Wildman–Crippen LogP) is 2.13. The van der Waals surface area contributed by atoms with Crippen molar-refractivity contribution in [2.24, 2.45) is 4.99 Å². The van der Waals surface area contributed by atoms with E-state index in [2.05, 4.69) is 31.1 Å². The largest absolute Gasteiger partial charge is 0.444 e. The van der Waals surface area contributed by atoms with E-state index in [1.165, 1.54) is 0 Å². The summed E-state index contributed by atoms with van der Waals surface area (Å²) in [4.78, 5) is 16.2. The van der Waals surface area contributed by atoms with E-state index < -0.39 is 17.2 Å². The molecular formula is C20H33N7O2. The molecule has 0 saturated carbocycles. The molecule has 0 aliphatic carbocycles. The number of carbonyl (C=O) groups is 1. The van der Waals surface area contributed by atoms with E-state index in [1.54, 1.807) is 7.05 Å². The third-order valence-corrected chi connectivity index (χ3v) is 4.01. The molecule has 9 heteroatoms. The highest BCUT2D eigenvalue weighted by atomic mass is 16.6. The van der Waals surface area contributed by atoms with Gasteiger partial charge in [0.1, 0.15) is 11.4 Å². The van der Waals surface area contributed by atoms with Crippen molar-refractivity contribution in [3.8, 4) is 0 Å². The molecule has 160 valence electrons. The second kappa shape index (κ2) is 9.58. The number of alkyl carbamates (subject to hydrolysis) is 1. The number of amides is 1. The van der Waals surface area contributed by atoms with Gasteiger partial charge in [-0.05, 0) is 53.2 Å². The van der Waals surface area contributed by atoms with Crippen molar-refractivity contribution >= 4 is 17.7 Å². The standard InChI is InChI=1S/C20H33N7O2/c1-19(2,3)29-18(28)24-20(4,5)14-23-17(21-6)22-12-9-11-16-26-25-15-10-7-8-13-27(15)16/h7-8,10,13H,9,11-12,14H2,1-6H3,(H,24,28)(H2,21,22,23). The number of rotatable bonds is 7. The van der Waals surface area contributed by atoms with E-state index in [0.717, 1.165) is 30.9 Å². The molecule has 0 unspecified atom stereocenters. The Kier molecular flexibility index (Phi) is 7.41. The van der Waals surface area contributed by atoms with Crippen molar-refractivity contribution in [2.75, 3.05) is 20.1 Å². The maximum Gasteiger partial charge on any atom is 0.408 e. The summed E-state index contributed by atoms with van der Waals surface area (Å²) in [5.74, 6) is 1.61. The number of aliphatic imine (C=N–C) groups is 1. The molecule has 2 aromatic rings. The number of pyridine rings is 1. The van der Waals surface area contributed by atoms with Crippen LogP contribution in [0, 0.1) is 0 Å². The molecular weight excluding hydrogens is 370 g/mol. The van der Waals surface area contributed by atoms with E-state index in [4.69, 9.17) is 4.74 Å². The highest BCUT2D eigenvalue weighted by Crippen LogP contribution is 2.09. The topological polar surface area (TPSA) is 105 Å². The van der Waals surface area contributed by atoms with Gasteiger partial charge in [-0.15, -0.1) is 10.2 Å². The summed E-state index contributed by atoms with van der Waals surface area (Å²) < 4.78 is 7.31. The molecule has 3 N–H and O–H groups in total. The van der Waals surface area contributed by atoms with Crippen LogP contribution in [0.4, 0.5) is 4.79 Å². The smallest absolute Gasteiger partial charge is 0.408 e. The van der Waals surface area contributed by atoms with Gasteiger partial charge in [0.25, 0.3) is 0 Å². The Labute approximate surface area is 172 Å². The van der Waals surface area contributed by atoms with Crippen LogP contribution in [0.5, 0.6) is 0 Å². The molecule has 0 aliphatic rings. The fourth-order valence-electron chi connectivity index (χ4n) is 2.66. The molecule has 9 nitrogen and oxygen atoms in total. The van der Waals surface area contributed by atoms with Crippen LogP contribution >= 0.6 is 0 Å². The molecule has 0 spiro atoms. The lowest BCUT2D eigenvalue weighted by Crippen LogP contribution is -2.54. The SMILES string of the molecule is CN=C(NCCCc1nnc2ccccn12)NCC(C)(C)NC(=O)OC(C)(C)C. The number of aryl methyl sites for hydroxylation is 1. The number of hydrogen-bond acceptors (Lipinski definition) is 5. The second-order valence-corrected chi connectivity index (χ2v) is 8.51. The summed E-state index contributed by atoms with van der Waals surface area (Å²) in [6.45, 7) is 10.6. The summed E-state index contributed by atoms with van der Waals surface area (Å²) in [6, 6.07) is 5.86. The third-order valence-electron chi connectivity index (χ3n) is 4.01. The van der Waals surface area contributed by atoms with Crippen molar-refractivity contribution < 1.29 is 9.53 Å². The maximum absolute atomic E-state index is 12.0. The van der Waals surface area contributed by atoms with Gasteiger partial charge in [-0.1, -0.05) is 6.07 Å². The van der Waals surface area contributed by atoms with Crippen molar-refractivity contribution in [1.29, 1.82) is 0 Å². The van der Waals surface area contributed by atoms with Crippen LogP contribution in [0.1, 0.15) is 46.9 Å². The Hall–Kier alpha value is -2.84. The highest BCUT2D eigenvalue weighted by Gasteiger charge is 2.24. The molecule has 0 saturated heterocycles. The lowest BCUT2D eigenvalue weighted by Gasteiger charge is -2.29. The number of ether oxygens (including phenoxy) is 1. The van der Waals surface area contributed by atoms with E-state index in [9.17, 15) is 4.79 Å². The number of hydrogen-bond donors (Lipinski definition) is 3. The average Bonchev–Trinajstić information content (AvgIpc) is 3.02. The quantitative estimate of drug-likeness (QED) is 0.372. The fourth-order valence-corrected chi connectivity index (χ4v) is 2.66. The van der Waals surface area contributed by atoms with Gasteiger partial charge in [-0.2, -0.15) is 0 Å². The van der Waals surface area contributed by atoms with Crippen molar-refractivity contribution in [2.45, 2.75) is 58.6 Å². The Morgan fingerprint density at radius 2 is 1.93 bits per heavy atom. The number of fused-ring (bicyclic) bond motifs is 1. The van der Waals surface area contributed by atoms with Gasteiger partial charge in [0, 0.05) is 32.8 Å². The van der Waals surface area contributed by atoms with E-state index in [-0.39, 0.29) is 0 Å². The van der Waals surface area contributed by atoms with Gasteiger partial charge in [-0.25, -0.2) is 4.79 Å². The van der Waals surface area contributed by atoms with Gasteiger partial charge in [-0.3, -0.25) is 9.39 Å². The number of carbonyl (C=O) groups excluding carboxylic acids is 1. The predicted molar refractivity (Wildman–Crippen MR) is 114 cm³/mol. The first-order chi connectivity index (χ1) is 13.6. The molecule has 0 bridgehead atoms. The first-order valence-corrected chi connectivity index (χ1v) is 9.84. The van der Waals surface area contributed by atoms with Crippen LogP contribution in [-0.4, -0.2) is 57.9 Å². The third kappa shape index (κ3) is 7.59. The van der Waals surface area contributed by atoms with Crippen molar-refractivity contribution in [3.63, 3.8) is 0 Å². The highest BCUT2D eigenvalue weighted by molar-refractivity contribution is 5.79. The molecule has 0 aliphatic heterocycles. The van der Waals surface area contributed by atoms with Gasteiger partial charge in [0.2, 0.25) is 0 Å². The zero-order chi connectivity index (χ0) is 21.5. The number of nitrogens with one attached hydrogen (secondary N) is 3. The summed E-state index contributed by atoms with van der Waals surface area (Å²) in [5.41, 5.74) is -0.172. The molecule has 1 amide bonds.